The molecular weight excluding hydrogens is 671 g/mol. The van der Waals surface area contributed by atoms with Crippen molar-refractivity contribution in [1.29, 1.82) is 0 Å². The van der Waals surface area contributed by atoms with Crippen molar-refractivity contribution in [2.45, 2.75) is 13.0 Å². The first-order valence-electron chi connectivity index (χ1n) is 19.1. The van der Waals surface area contributed by atoms with Gasteiger partial charge >= 0.3 is 0 Å². The average Bonchev–Trinajstić information content (AvgIpc) is 3.97. The zero-order valence-electron chi connectivity index (χ0n) is 30.5. The zero-order valence-corrected chi connectivity index (χ0v) is 30.5. The molecule has 4 heteroatoms. The van der Waals surface area contributed by atoms with E-state index < -0.39 is 0 Å². The van der Waals surface area contributed by atoms with Gasteiger partial charge in [0.05, 0.1) is 28.1 Å². The fourth-order valence-electron chi connectivity index (χ4n) is 9.75. The molecule has 1 unspecified atom stereocenters. The van der Waals surface area contributed by atoms with E-state index in [4.69, 9.17) is 4.42 Å². The van der Waals surface area contributed by atoms with E-state index in [2.05, 4.69) is 191 Å². The summed E-state index contributed by atoms with van der Waals surface area (Å²) in [4.78, 5) is 0. The van der Waals surface area contributed by atoms with Gasteiger partial charge in [0.1, 0.15) is 11.2 Å². The summed E-state index contributed by atoms with van der Waals surface area (Å²) in [7, 11) is 2.23. The molecule has 0 radical (unpaired) electrons. The summed E-state index contributed by atoms with van der Waals surface area (Å²) < 4.78 is 13.8. The van der Waals surface area contributed by atoms with Crippen LogP contribution in [-0.4, -0.2) is 13.7 Å². The second-order valence-corrected chi connectivity index (χ2v) is 14.9. The highest BCUT2D eigenvalue weighted by Gasteiger charge is 2.26. The molecule has 0 aliphatic heterocycles. The van der Waals surface area contributed by atoms with Gasteiger partial charge in [0.25, 0.3) is 0 Å². The van der Waals surface area contributed by atoms with Crippen LogP contribution in [0.25, 0.3) is 104 Å². The SMILES string of the molecule is CC(c1ccccc1-c1ccccc1)n1c2ccccc2c2ccc3c(c4c5c(ccc4n3-c3ccc4oc6ccccc6c4c3)c3ccccc3n5C)c21. The van der Waals surface area contributed by atoms with Crippen LogP contribution in [0.2, 0.25) is 0 Å². The summed E-state index contributed by atoms with van der Waals surface area (Å²) >= 11 is 0. The predicted octanol–water partition coefficient (Wildman–Crippen LogP) is 13.7. The van der Waals surface area contributed by atoms with Gasteiger partial charge in [0, 0.05) is 66.9 Å². The maximum atomic E-state index is 6.31. The standard InChI is InChI=1S/C51H35N3O/c1-31(34-16-6-7-17-35(34)32-14-4-3-5-15-32)53-43-22-12-9-19-37(43)40-26-28-45-49(51(40)53)48-44(27-25-39-36-18-8-11-21-42(36)52(2)50(39)48)54(45)33-24-29-47-41(30-33)38-20-10-13-23-46(38)55-47/h3-31H,1-2H3. The molecule has 55 heavy (non-hydrogen) atoms. The predicted molar refractivity (Wildman–Crippen MR) is 231 cm³/mol. The molecule has 4 nitrogen and oxygen atoms in total. The highest BCUT2D eigenvalue weighted by molar-refractivity contribution is 6.32. The van der Waals surface area contributed by atoms with Crippen LogP contribution < -0.4 is 0 Å². The molecule has 0 saturated carbocycles. The summed E-state index contributed by atoms with van der Waals surface area (Å²) in [5.74, 6) is 0. The first-order valence-corrected chi connectivity index (χ1v) is 19.1. The third-order valence-corrected chi connectivity index (χ3v) is 12.1. The number of para-hydroxylation sites is 3. The first kappa shape index (κ1) is 30.4. The summed E-state index contributed by atoms with van der Waals surface area (Å²) in [5, 5.41) is 9.84. The molecule has 0 N–H and O–H groups in total. The van der Waals surface area contributed by atoms with Gasteiger partial charge in [-0.2, -0.15) is 0 Å². The van der Waals surface area contributed by atoms with E-state index in [1.165, 1.54) is 82.1 Å². The van der Waals surface area contributed by atoms with Crippen LogP contribution in [0.3, 0.4) is 0 Å². The molecule has 12 rings (SSSR count). The largest absolute Gasteiger partial charge is 0.456 e. The van der Waals surface area contributed by atoms with Crippen molar-refractivity contribution in [3.05, 3.63) is 175 Å². The fourth-order valence-corrected chi connectivity index (χ4v) is 9.75. The van der Waals surface area contributed by atoms with E-state index in [1.54, 1.807) is 0 Å². The quantitative estimate of drug-likeness (QED) is 0.179. The smallest absolute Gasteiger partial charge is 0.135 e. The molecule has 0 saturated heterocycles. The Hall–Kier alpha value is -7.04. The molecule has 1 atom stereocenters. The number of nitrogens with zero attached hydrogens (tertiary/aromatic N) is 3. The van der Waals surface area contributed by atoms with Crippen molar-refractivity contribution < 1.29 is 4.42 Å². The second kappa shape index (κ2) is 11.2. The fraction of sp³-hybridized carbons (Fsp3) is 0.0588. The van der Waals surface area contributed by atoms with E-state index >= 15 is 0 Å². The van der Waals surface area contributed by atoms with E-state index in [0.717, 1.165) is 27.6 Å². The van der Waals surface area contributed by atoms with E-state index in [1.807, 2.05) is 6.07 Å². The van der Waals surface area contributed by atoms with Crippen LogP contribution in [0.1, 0.15) is 18.5 Å². The molecule has 0 aliphatic carbocycles. The monoisotopic (exact) mass is 705 g/mol. The van der Waals surface area contributed by atoms with Gasteiger partial charge in [0.2, 0.25) is 0 Å². The molecule has 0 fully saturated rings. The lowest BCUT2D eigenvalue weighted by molar-refractivity contribution is 0.669. The van der Waals surface area contributed by atoms with Gasteiger partial charge in [-0.25, -0.2) is 0 Å². The van der Waals surface area contributed by atoms with Crippen LogP contribution in [0, 0.1) is 0 Å². The molecule has 0 bridgehead atoms. The van der Waals surface area contributed by atoms with Gasteiger partial charge in [0.15, 0.2) is 0 Å². The normalized spacial score (nSPS) is 12.8. The Kier molecular flexibility index (Phi) is 6.22. The molecule has 4 heterocycles. The van der Waals surface area contributed by atoms with E-state index in [0.29, 0.717) is 0 Å². The average molecular weight is 706 g/mol. The minimum Gasteiger partial charge on any atom is -0.456 e. The molecule has 12 aromatic rings. The molecular formula is C51H35N3O. The van der Waals surface area contributed by atoms with Crippen molar-refractivity contribution in [2.24, 2.45) is 7.05 Å². The summed E-state index contributed by atoms with van der Waals surface area (Å²) in [6.07, 6.45) is 0. The summed E-state index contributed by atoms with van der Waals surface area (Å²) in [5.41, 5.74) is 14.0. The van der Waals surface area contributed by atoms with Crippen LogP contribution in [0.5, 0.6) is 0 Å². The lowest BCUT2D eigenvalue weighted by Crippen LogP contribution is -2.08. The van der Waals surface area contributed by atoms with Gasteiger partial charge in [-0.05, 0) is 72.1 Å². The van der Waals surface area contributed by atoms with Crippen molar-refractivity contribution in [3.8, 4) is 16.8 Å². The van der Waals surface area contributed by atoms with Crippen LogP contribution in [-0.2, 0) is 7.05 Å². The Morgan fingerprint density at radius 1 is 0.455 bits per heavy atom. The van der Waals surface area contributed by atoms with E-state index in [-0.39, 0.29) is 6.04 Å². The lowest BCUT2D eigenvalue weighted by atomic mass is 9.95. The lowest BCUT2D eigenvalue weighted by Gasteiger charge is -2.21. The number of hydrogen-bond acceptors (Lipinski definition) is 1. The van der Waals surface area contributed by atoms with Gasteiger partial charge < -0.3 is 18.1 Å². The minimum absolute atomic E-state index is 0.0307. The van der Waals surface area contributed by atoms with Crippen molar-refractivity contribution in [1.82, 2.24) is 13.7 Å². The summed E-state index contributed by atoms with van der Waals surface area (Å²) in [6, 6.07) is 61.9. The van der Waals surface area contributed by atoms with Crippen molar-refractivity contribution in [2.75, 3.05) is 0 Å². The molecule has 4 aromatic heterocycles. The minimum atomic E-state index is 0.0307. The van der Waals surface area contributed by atoms with Gasteiger partial charge in [-0.15, -0.1) is 0 Å². The number of benzene rings is 8. The van der Waals surface area contributed by atoms with Crippen molar-refractivity contribution >= 4 is 87.4 Å². The Bertz CT molecular complexity index is 3520. The molecule has 0 spiro atoms. The highest BCUT2D eigenvalue weighted by Crippen LogP contribution is 2.47. The zero-order chi connectivity index (χ0) is 36.4. The third kappa shape index (κ3) is 4.11. The maximum Gasteiger partial charge on any atom is 0.135 e. The molecule has 260 valence electrons. The number of fused-ring (bicyclic) bond motifs is 14. The first-order chi connectivity index (χ1) is 27.2. The summed E-state index contributed by atoms with van der Waals surface area (Å²) in [6.45, 7) is 2.37. The Balaban J connectivity index is 1.27. The number of aryl methyl sites for hydroxylation is 1. The third-order valence-electron chi connectivity index (χ3n) is 12.1. The number of furan rings is 1. The maximum absolute atomic E-state index is 6.31. The van der Waals surface area contributed by atoms with Crippen LogP contribution >= 0.6 is 0 Å². The highest BCUT2D eigenvalue weighted by atomic mass is 16.3. The Labute approximate surface area is 316 Å². The Morgan fingerprint density at radius 3 is 1.85 bits per heavy atom. The van der Waals surface area contributed by atoms with Crippen molar-refractivity contribution in [3.63, 3.8) is 0 Å². The topological polar surface area (TPSA) is 27.9 Å². The van der Waals surface area contributed by atoms with Gasteiger partial charge in [-0.1, -0.05) is 121 Å². The molecule has 0 aliphatic rings. The Morgan fingerprint density at radius 2 is 1.05 bits per heavy atom. The number of rotatable bonds is 4. The van der Waals surface area contributed by atoms with Crippen LogP contribution in [0.15, 0.2) is 174 Å². The van der Waals surface area contributed by atoms with Crippen LogP contribution in [0.4, 0.5) is 0 Å². The molecule has 8 aromatic carbocycles. The van der Waals surface area contributed by atoms with Gasteiger partial charge in [-0.3, -0.25) is 0 Å². The molecule has 0 amide bonds. The number of aromatic nitrogens is 3. The second-order valence-electron chi connectivity index (χ2n) is 14.9. The van der Waals surface area contributed by atoms with E-state index in [9.17, 15) is 0 Å². The number of hydrogen-bond donors (Lipinski definition) is 0.